The van der Waals surface area contributed by atoms with E-state index < -0.39 is 29.8 Å². The van der Waals surface area contributed by atoms with Gasteiger partial charge in [-0.15, -0.1) is 0 Å². The van der Waals surface area contributed by atoms with Crippen LogP contribution in [0.15, 0.2) is 77.8 Å². The zero-order chi connectivity index (χ0) is 27.2. The number of carbonyl (C=O) groups is 3. The Morgan fingerprint density at radius 1 is 0.947 bits per heavy atom. The first-order chi connectivity index (χ1) is 18.3. The number of benzene rings is 3. The normalized spacial score (nSPS) is 15.5. The van der Waals surface area contributed by atoms with Gasteiger partial charge in [0.05, 0.1) is 25.6 Å². The van der Waals surface area contributed by atoms with Crippen molar-refractivity contribution < 1.29 is 23.9 Å². The SMILES string of the molecule is COc1cc(CNC(=O)C(C)C(=O)NC2N=C(c3ccccc3)c3ccccc3N(C)C2=O)cc(OC)c1. The van der Waals surface area contributed by atoms with E-state index in [1.54, 1.807) is 39.5 Å². The molecule has 0 saturated carbocycles. The molecular weight excluding hydrogens is 484 g/mol. The molecule has 9 nitrogen and oxygen atoms in total. The summed E-state index contributed by atoms with van der Waals surface area (Å²) in [5.74, 6) is -1.41. The number of rotatable bonds is 8. The number of nitrogens with zero attached hydrogens (tertiary/aromatic N) is 2. The van der Waals surface area contributed by atoms with E-state index >= 15 is 0 Å². The maximum Gasteiger partial charge on any atom is 0.272 e. The molecule has 0 aliphatic carbocycles. The minimum Gasteiger partial charge on any atom is -0.497 e. The fourth-order valence-corrected chi connectivity index (χ4v) is 4.13. The van der Waals surface area contributed by atoms with Gasteiger partial charge in [-0.1, -0.05) is 48.5 Å². The fraction of sp³-hybridized carbons (Fsp3) is 0.241. The molecule has 1 heterocycles. The zero-order valence-corrected chi connectivity index (χ0v) is 21.7. The van der Waals surface area contributed by atoms with Gasteiger partial charge < -0.3 is 25.0 Å². The molecule has 0 aromatic heterocycles. The highest BCUT2D eigenvalue weighted by molar-refractivity contribution is 6.20. The summed E-state index contributed by atoms with van der Waals surface area (Å²) >= 11 is 0. The highest BCUT2D eigenvalue weighted by Crippen LogP contribution is 2.27. The van der Waals surface area contributed by atoms with Gasteiger partial charge in [0.1, 0.15) is 17.4 Å². The summed E-state index contributed by atoms with van der Waals surface area (Å²) in [5, 5.41) is 5.43. The quantitative estimate of drug-likeness (QED) is 0.450. The minimum atomic E-state index is -1.20. The highest BCUT2D eigenvalue weighted by Gasteiger charge is 2.33. The number of amides is 3. The Labute approximate surface area is 221 Å². The summed E-state index contributed by atoms with van der Waals surface area (Å²) in [5.41, 5.74) is 3.58. The van der Waals surface area contributed by atoms with E-state index in [1.807, 2.05) is 54.6 Å². The van der Waals surface area contributed by atoms with E-state index in [2.05, 4.69) is 15.6 Å². The lowest BCUT2D eigenvalue weighted by Gasteiger charge is -2.22. The van der Waals surface area contributed by atoms with Crippen LogP contribution in [0, 0.1) is 5.92 Å². The van der Waals surface area contributed by atoms with Crippen LogP contribution in [0.2, 0.25) is 0 Å². The van der Waals surface area contributed by atoms with Crippen molar-refractivity contribution >= 4 is 29.1 Å². The van der Waals surface area contributed by atoms with Gasteiger partial charge in [0.2, 0.25) is 18.0 Å². The molecule has 0 spiro atoms. The molecule has 2 unspecified atom stereocenters. The van der Waals surface area contributed by atoms with Gasteiger partial charge in [-0.25, -0.2) is 4.99 Å². The van der Waals surface area contributed by atoms with E-state index in [-0.39, 0.29) is 6.54 Å². The van der Waals surface area contributed by atoms with Gasteiger partial charge in [-0.3, -0.25) is 14.4 Å². The number of aliphatic imine (C=N–C) groups is 1. The number of anilines is 1. The smallest absolute Gasteiger partial charge is 0.272 e. The predicted molar refractivity (Wildman–Crippen MR) is 144 cm³/mol. The largest absolute Gasteiger partial charge is 0.497 e. The van der Waals surface area contributed by atoms with Crippen LogP contribution >= 0.6 is 0 Å². The molecule has 196 valence electrons. The monoisotopic (exact) mass is 514 g/mol. The predicted octanol–water partition coefficient (Wildman–Crippen LogP) is 2.91. The molecule has 1 aliphatic rings. The average molecular weight is 515 g/mol. The third-order valence-corrected chi connectivity index (χ3v) is 6.33. The van der Waals surface area contributed by atoms with Gasteiger partial charge in [-0.05, 0) is 30.7 Å². The number of carbonyl (C=O) groups excluding carboxylic acids is 3. The Balaban J connectivity index is 1.52. The second-order valence-electron chi connectivity index (χ2n) is 8.83. The van der Waals surface area contributed by atoms with Crippen molar-refractivity contribution in [1.82, 2.24) is 10.6 Å². The van der Waals surface area contributed by atoms with Crippen LogP contribution in [0.5, 0.6) is 11.5 Å². The summed E-state index contributed by atoms with van der Waals surface area (Å²) < 4.78 is 10.5. The maximum atomic E-state index is 13.3. The number of likely N-dealkylation sites (N-methyl/N-ethyl adjacent to an activating group) is 1. The summed E-state index contributed by atoms with van der Waals surface area (Å²) in [4.78, 5) is 45.4. The first-order valence-corrected chi connectivity index (χ1v) is 12.1. The average Bonchev–Trinajstić information content (AvgIpc) is 3.06. The fourth-order valence-electron chi connectivity index (χ4n) is 4.13. The van der Waals surface area contributed by atoms with Crippen molar-refractivity contribution in [3.05, 3.63) is 89.5 Å². The second kappa shape index (κ2) is 11.6. The molecule has 3 amide bonds. The molecule has 9 heteroatoms. The van der Waals surface area contributed by atoms with Crippen molar-refractivity contribution in [2.24, 2.45) is 10.9 Å². The van der Waals surface area contributed by atoms with Crippen LogP contribution < -0.4 is 25.0 Å². The highest BCUT2D eigenvalue weighted by atomic mass is 16.5. The molecule has 3 aromatic rings. The minimum absolute atomic E-state index is 0.167. The van der Waals surface area contributed by atoms with Crippen LogP contribution in [0.4, 0.5) is 5.69 Å². The Kier molecular flexibility index (Phi) is 8.06. The van der Waals surface area contributed by atoms with Crippen LogP contribution in [0.1, 0.15) is 23.6 Å². The number of methoxy groups -OCH3 is 2. The topological polar surface area (TPSA) is 109 Å². The number of nitrogens with one attached hydrogen (secondary N) is 2. The number of benzodiazepines with no additional fused rings is 1. The Morgan fingerprint density at radius 2 is 1.58 bits per heavy atom. The van der Waals surface area contributed by atoms with Gasteiger partial charge in [0.25, 0.3) is 5.91 Å². The van der Waals surface area contributed by atoms with E-state index in [0.29, 0.717) is 22.9 Å². The maximum absolute atomic E-state index is 13.3. The number of hydrogen-bond donors (Lipinski definition) is 2. The number of ether oxygens (including phenoxy) is 2. The summed E-state index contributed by atoms with van der Waals surface area (Å²) in [6.07, 6.45) is -1.20. The lowest BCUT2D eigenvalue weighted by atomic mass is 10.0. The van der Waals surface area contributed by atoms with Crippen molar-refractivity contribution in [3.8, 4) is 11.5 Å². The lowest BCUT2D eigenvalue weighted by molar-refractivity contribution is -0.136. The summed E-state index contributed by atoms with van der Waals surface area (Å²) in [7, 11) is 4.72. The molecule has 2 N–H and O–H groups in total. The zero-order valence-electron chi connectivity index (χ0n) is 21.7. The van der Waals surface area contributed by atoms with Crippen molar-refractivity contribution in [1.29, 1.82) is 0 Å². The molecule has 4 rings (SSSR count). The van der Waals surface area contributed by atoms with Crippen molar-refractivity contribution in [2.45, 2.75) is 19.6 Å². The Hall–Kier alpha value is -4.66. The number of hydrogen-bond acceptors (Lipinski definition) is 6. The van der Waals surface area contributed by atoms with Gasteiger partial charge in [0, 0.05) is 30.8 Å². The molecule has 0 fully saturated rings. The van der Waals surface area contributed by atoms with Crippen molar-refractivity contribution in [2.75, 3.05) is 26.2 Å². The Morgan fingerprint density at radius 3 is 2.24 bits per heavy atom. The first-order valence-electron chi connectivity index (χ1n) is 12.1. The standard InChI is InChI=1S/C29H30N4O5/c1-18(27(34)30-17-19-14-21(37-3)16-22(15-19)38-4)28(35)32-26-29(36)33(2)24-13-9-8-12-23(24)25(31-26)20-10-6-5-7-11-20/h5-16,18,26H,17H2,1-4H3,(H,30,34)(H,32,35). The molecule has 2 atom stereocenters. The second-order valence-corrected chi connectivity index (χ2v) is 8.83. The van der Waals surface area contributed by atoms with Gasteiger partial charge in [0.15, 0.2) is 0 Å². The first kappa shape index (κ1) is 26.4. The third-order valence-electron chi connectivity index (χ3n) is 6.33. The Bertz CT molecular complexity index is 1350. The van der Waals surface area contributed by atoms with E-state index in [4.69, 9.17) is 9.47 Å². The van der Waals surface area contributed by atoms with E-state index in [0.717, 1.165) is 16.7 Å². The molecule has 0 saturated heterocycles. The lowest BCUT2D eigenvalue weighted by Crippen LogP contribution is -2.49. The van der Waals surface area contributed by atoms with Crippen LogP contribution in [-0.4, -0.2) is 50.9 Å². The molecule has 0 radical (unpaired) electrons. The van der Waals surface area contributed by atoms with Crippen LogP contribution in [0.25, 0.3) is 0 Å². The van der Waals surface area contributed by atoms with E-state index in [9.17, 15) is 14.4 Å². The molecule has 1 aliphatic heterocycles. The molecule has 3 aromatic carbocycles. The van der Waals surface area contributed by atoms with Crippen LogP contribution in [0.3, 0.4) is 0 Å². The molecule has 38 heavy (non-hydrogen) atoms. The molecule has 0 bridgehead atoms. The van der Waals surface area contributed by atoms with Crippen LogP contribution in [-0.2, 0) is 20.9 Å². The summed E-state index contributed by atoms with van der Waals surface area (Å²) in [6, 6.07) is 22.2. The van der Waals surface area contributed by atoms with Gasteiger partial charge in [-0.2, -0.15) is 0 Å². The van der Waals surface area contributed by atoms with Gasteiger partial charge >= 0.3 is 0 Å². The number of fused-ring (bicyclic) bond motifs is 1. The summed E-state index contributed by atoms with van der Waals surface area (Å²) in [6.45, 7) is 1.65. The third kappa shape index (κ3) is 5.67. The number of para-hydroxylation sites is 1. The van der Waals surface area contributed by atoms with E-state index in [1.165, 1.54) is 11.8 Å². The van der Waals surface area contributed by atoms with Crippen molar-refractivity contribution in [3.63, 3.8) is 0 Å². The molecular formula is C29H30N4O5.